The molecule has 5 rings (SSSR count). The zero-order valence-electron chi connectivity index (χ0n) is 18.3. The molecule has 2 atom stereocenters. The van der Waals surface area contributed by atoms with Crippen molar-refractivity contribution in [3.63, 3.8) is 0 Å². The van der Waals surface area contributed by atoms with Gasteiger partial charge in [-0.15, -0.1) is 0 Å². The minimum Gasteiger partial charge on any atom is -0.460 e. The van der Waals surface area contributed by atoms with Gasteiger partial charge in [-0.25, -0.2) is 4.79 Å². The summed E-state index contributed by atoms with van der Waals surface area (Å²) in [6.45, 7) is 2.82. The first-order chi connectivity index (χ1) is 15.0. The quantitative estimate of drug-likeness (QED) is 0.306. The van der Waals surface area contributed by atoms with Gasteiger partial charge >= 0.3 is 21.3 Å². The van der Waals surface area contributed by atoms with Crippen molar-refractivity contribution in [2.24, 2.45) is 17.3 Å². The van der Waals surface area contributed by atoms with Gasteiger partial charge in [-0.1, -0.05) is 25.5 Å². The molecular formula is C23H31F2NO5S. The van der Waals surface area contributed by atoms with E-state index in [0.717, 1.165) is 63.6 Å². The Hall–Kier alpha value is -1.74. The molecule has 4 fully saturated rings. The van der Waals surface area contributed by atoms with Crippen molar-refractivity contribution in [2.45, 2.75) is 69.0 Å². The first kappa shape index (κ1) is 23.4. The third-order valence-electron chi connectivity index (χ3n) is 7.61. The number of hydrogen-bond donors (Lipinski definition) is 2. The molecule has 1 aromatic rings. The van der Waals surface area contributed by atoms with Gasteiger partial charge in [-0.2, -0.15) is 17.2 Å². The summed E-state index contributed by atoms with van der Waals surface area (Å²) in [6.07, 6.45) is 7.67. The summed E-state index contributed by atoms with van der Waals surface area (Å²) in [5.41, 5.74) is 1.78. The predicted molar refractivity (Wildman–Crippen MR) is 116 cm³/mol. The first-order valence-corrected chi connectivity index (χ1v) is 12.8. The lowest BCUT2D eigenvalue weighted by molar-refractivity contribution is -0.173. The summed E-state index contributed by atoms with van der Waals surface area (Å²) in [4.78, 5) is 11.8. The summed E-state index contributed by atoms with van der Waals surface area (Å²) in [6, 6.07) is 8.47. The van der Waals surface area contributed by atoms with E-state index in [4.69, 9.17) is 9.29 Å². The fourth-order valence-electron chi connectivity index (χ4n) is 6.72. The highest BCUT2D eigenvalue weighted by molar-refractivity contribution is 7.87. The molecule has 6 nitrogen and oxygen atoms in total. The number of nitrogens with one attached hydrogen (secondary N) is 1. The van der Waals surface area contributed by atoms with Crippen LogP contribution < -0.4 is 5.32 Å². The normalized spacial score (nSPS) is 31.5. The number of unbranched alkanes of at least 4 members (excludes halogenated alkanes) is 1. The van der Waals surface area contributed by atoms with Crippen molar-refractivity contribution >= 4 is 21.8 Å². The number of rotatable bonds is 9. The highest BCUT2D eigenvalue weighted by Crippen LogP contribution is 2.65. The number of carbonyl (C=O) groups is 1. The second-order valence-corrected chi connectivity index (χ2v) is 11.6. The smallest absolute Gasteiger partial charge is 0.460 e. The minimum atomic E-state index is -5.86. The summed E-state index contributed by atoms with van der Waals surface area (Å²) < 4.78 is 62.5. The maximum atomic E-state index is 13.7. The van der Waals surface area contributed by atoms with Gasteiger partial charge in [0, 0.05) is 17.6 Å². The Morgan fingerprint density at radius 1 is 1.19 bits per heavy atom. The predicted octanol–water partition coefficient (Wildman–Crippen LogP) is 4.76. The van der Waals surface area contributed by atoms with Gasteiger partial charge in [0.2, 0.25) is 0 Å². The molecular weight excluding hydrogens is 440 g/mol. The van der Waals surface area contributed by atoms with Crippen LogP contribution >= 0.6 is 0 Å². The monoisotopic (exact) mass is 471 g/mol. The molecule has 1 aromatic carbocycles. The van der Waals surface area contributed by atoms with E-state index in [9.17, 15) is 22.0 Å². The van der Waals surface area contributed by atoms with Crippen molar-refractivity contribution in [1.29, 1.82) is 0 Å². The fraction of sp³-hybridized carbons (Fsp3) is 0.696. The molecule has 0 aliphatic heterocycles. The molecule has 4 aliphatic carbocycles. The molecule has 4 aliphatic rings. The summed E-state index contributed by atoms with van der Waals surface area (Å²) in [7, 11) is -5.86. The molecule has 32 heavy (non-hydrogen) atoms. The molecule has 9 heteroatoms. The Labute approximate surface area is 187 Å². The SMILES string of the molecule is CCCCNc1ccc(C23CC4CC(CC(COC(=O)C(F)(F)S(=O)(=O)O)(C4)C2)C3)cc1. The lowest BCUT2D eigenvalue weighted by Crippen LogP contribution is -2.56. The number of halogens is 2. The van der Waals surface area contributed by atoms with Gasteiger partial charge in [-0.3, -0.25) is 4.55 Å². The Kier molecular flexibility index (Phi) is 6.03. The third-order valence-corrected chi connectivity index (χ3v) is 8.42. The number of anilines is 1. The average Bonchev–Trinajstić information content (AvgIpc) is 2.71. The maximum Gasteiger partial charge on any atom is 0.465 e. The molecule has 4 bridgehead atoms. The molecule has 0 heterocycles. The van der Waals surface area contributed by atoms with Crippen molar-refractivity contribution in [1.82, 2.24) is 0 Å². The van der Waals surface area contributed by atoms with Crippen molar-refractivity contribution < 1.29 is 31.3 Å². The van der Waals surface area contributed by atoms with E-state index in [2.05, 4.69) is 36.5 Å². The largest absolute Gasteiger partial charge is 0.465 e. The number of ether oxygens (including phenoxy) is 1. The van der Waals surface area contributed by atoms with Crippen LogP contribution in [-0.4, -0.2) is 37.3 Å². The summed E-state index contributed by atoms with van der Waals surface area (Å²) in [5, 5.41) is -1.54. The van der Waals surface area contributed by atoms with Crippen LogP contribution in [-0.2, 0) is 25.1 Å². The van der Waals surface area contributed by atoms with Crippen molar-refractivity contribution in [3.05, 3.63) is 29.8 Å². The Morgan fingerprint density at radius 3 is 2.38 bits per heavy atom. The standard InChI is InChI=1S/C23H31F2NO5S/c1-2-3-8-26-19-6-4-18(5-7-19)22-12-16-9-17(13-22)11-21(10-16,14-22)15-31-20(27)23(24,25)32(28,29)30/h4-7,16-17,26H,2-3,8-15H2,1H3,(H,28,29,30). The summed E-state index contributed by atoms with van der Waals surface area (Å²) in [5.74, 6) is -1.34. The molecule has 0 radical (unpaired) electrons. The van der Waals surface area contributed by atoms with E-state index in [1.54, 1.807) is 0 Å². The van der Waals surface area contributed by atoms with Crippen molar-refractivity contribution in [2.75, 3.05) is 18.5 Å². The number of carbonyl (C=O) groups excluding carboxylic acids is 1. The van der Waals surface area contributed by atoms with E-state index < -0.39 is 26.8 Å². The van der Waals surface area contributed by atoms with Crippen LogP contribution in [0.3, 0.4) is 0 Å². The molecule has 4 saturated carbocycles. The van der Waals surface area contributed by atoms with Gasteiger partial charge in [0.05, 0.1) is 6.61 Å². The molecule has 2 unspecified atom stereocenters. The lowest BCUT2D eigenvalue weighted by atomic mass is 9.43. The molecule has 178 valence electrons. The highest BCUT2D eigenvalue weighted by Gasteiger charge is 2.60. The van der Waals surface area contributed by atoms with E-state index in [1.165, 1.54) is 5.56 Å². The number of hydrogen-bond acceptors (Lipinski definition) is 5. The third kappa shape index (κ3) is 4.25. The van der Waals surface area contributed by atoms with Crippen molar-refractivity contribution in [3.8, 4) is 0 Å². The van der Waals surface area contributed by atoms with Crippen LogP contribution in [0.5, 0.6) is 0 Å². The zero-order valence-corrected chi connectivity index (χ0v) is 19.1. The Bertz CT molecular complexity index is 949. The van der Waals surface area contributed by atoms with Crippen LogP contribution in [0.25, 0.3) is 0 Å². The average molecular weight is 472 g/mol. The van der Waals surface area contributed by atoms with E-state index in [1.807, 2.05) is 0 Å². The van der Waals surface area contributed by atoms with Gasteiger partial charge < -0.3 is 10.1 Å². The lowest BCUT2D eigenvalue weighted by Gasteiger charge is -2.62. The number of alkyl halides is 2. The van der Waals surface area contributed by atoms with Crippen LogP contribution in [0, 0.1) is 17.3 Å². The van der Waals surface area contributed by atoms with Gasteiger partial charge in [0.15, 0.2) is 0 Å². The molecule has 0 saturated heterocycles. The van der Waals surface area contributed by atoms with E-state index >= 15 is 0 Å². The van der Waals surface area contributed by atoms with Gasteiger partial charge in [0.1, 0.15) is 0 Å². The zero-order chi connectivity index (χ0) is 23.2. The van der Waals surface area contributed by atoms with E-state index in [-0.39, 0.29) is 12.0 Å². The Balaban J connectivity index is 1.50. The molecule has 0 aromatic heterocycles. The van der Waals surface area contributed by atoms with Crippen LogP contribution in [0.2, 0.25) is 0 Å². The molecule has 0 spiro atoms. The van der Waals surface area contributed by atoms with Crippen LogP contribution in [0.1, 0.15) is 63.9 Å². The Morgan fingerprint density at radius 2 is 1.81 bits per heavy atom. The van der Waals surface area contributed by atoms with Crippen LogP contribution in [0.4, 0.5) is 14.5 Å². The summed E-state index contributed by atoms with van der Waals surface area (Å²) >= 11 is 0. The molecule has 2 N–H and O–H groups in total. The van der Waals surface area contributed by atoms with Gasteiger partial charge in [0.25, 0.3) is 0 Å². The highest BCUT2D eigenvalue weighted by atomic mass is 32.2. The van der Waals surface area contributed by atoms with Gasteiger partial charge in [-0.05, 0) is 79.9 Å². The minimum absolute atomic E-state index is 0.0794. The second kappa shape index (κ2) is 8.24. The van der Waals surface area contributed by atoms with Crippen LogP contribution in [0.15, 0.2) is 24.3 Å². The molecule has 0 amide bonds. The van der Waals surface area contributed by atoms with E-state index in [0.29, 0.717) is 11.8 Å². The second-order valence-electron chi connectivity index (χ2n) is 10.2. The maximum absolute atomic E-state index is 13.7. The first-order valence-electron chi connectivity index (χ1n) is 11.4. The topological polar surface area (TPSA) is 92.7 Å². The fourth-order valence-corrected chi connectivity index (χ4v) is 6.99. The number of benzene rings is 1. The number of esters is 1.